The highest BCUT2D eigenvalue weighted by atomic mass is 35.5. The molecule has 0 unspecified atom stereocenters. The van der Waals surface area contributed by atoms with Crippen molar-refractivity contribution in [2.24, 2.45) is 0 Å². The van der Waals surface area contributed by atoms with Crippen molar-refractivity contribution in [1.82, 2.24) is 14.7 Å². The smallest absolute Gasteiger partial charge is 0.229 e. The third kappa shape index (κ3) is 2.36. The number of halogens is 1. The summed E-state index contributed by atoms with van der Waals surface area (Å²) in [5.74, 6) is 1.60. The van der Waals surface area contributed by atoms with Gasteiger partial charge in [0.25, 0.3) is 0 Å². The van der Waals surface area contributed by atoms with Crippen molar-refractivity contribution in [2.75, 3.05) is 0 Å². The van der Waals surface area contributed by atoms with Gasteiger partial charge in [0, 0.05) is 22.7 Å². The summed E-state index contributed by atoms with van der Waals surface area (Å²) >= 11 is 6.03. The summed E-state index contributed by atoms with van der Waals surface area (Å²) in [6.07, 6.45) is 2.01. The molecule has 3 rings (SSSR count). The number of hydrogen-bond donors (Lipinski definition) is 0. The van der Waals surface area contributed by atoms with Crippen LogP contribution in [0.5, 0.6) is 0 Å². The second-order valence-corrected chi connectivity index (χ2v) is 5.29. The Morgan fingerprint density at radius 3 is 2.89 bits per heavy atom. The molecule has 2 aromatic heterocycles. The van der Waals surface area contributed by atoms with Gasteiger partial charge < -0.3 is 9.09 Å². The van der Waals surface area contributed by atoms with Crippen molar-refractivity contribution in [2.45, 2.75) is 26.3 Å². The predicted octanol–water partition coefficient (Wildman–Crippen LogP) is 3.85. The maximum absolute atomic E-state index is 6.03. The molecular formula is C14H14ClN3O. The minimum Gasteiger partial charge on any atom is -0.340 e. The molecule has 5 heteroatoms. The highest BCUT2D eigenvalue weighted by Gasteiger charge is 2.11. The second-order valence-electron chi connectivity index (χ2n) is 4.85. The molecule has 0 radical (unpaired) electrons. The van der Waals surface area contributed by atoms with Gasteiger partial charge in [0.15, 0.2) is 5.82 Å². The maximum atomic E-state index is 6.03. The molecule has 0 aliphatic heterocycles. The van der Waals surface area contributed by atoms with Crippen LogP contribution in [0, 0.1) is 0 Å². The minimum absolute atomic E-state index is 0.247. The van der Waals surface area contributed by atoms with Crippen molar-refractivity contribution >= 4 is 22.5 Å². The van der Waals surface area contributed by atoms with Crippen LogP contribution in [0.1, 0.15) is 31.5 Å². The molecule has 0 aliphatic carbocycles. The molecule has 0 spiro atoms. The van der Waals surface area contributed by atoms with E-state index in [0.29, 0.717) is 18.3 Å². The van der Waals surface area contributed by atoms with Crippen LogP contribution in [0.3, 0.4) is 0 Å². The van der Waals surface area contributed by atoms with Crippen LogP contribution in [0.4, 0.5) is 0 Å². The van der Waals surface area contributed by atoms with Crippen LogP contribution in [0.25, 0.3) is 10.9 Å². The number of rotatable bonds is 3. The number of aromatic nitrogens is 3. The first-order valence-electron chi connectivity index (χ1n) is 6.20. The molecule has 0 saturated carbocycles. The van der Waals surface area contributed by atoms with E-state index in [4.69, 9.17) is 16.1 Å². The van der Waals surface area contributed by atoms with Crippen LogP contribution >= 0.6 is 11.6 Å². The molecule has 1 aromatic carbocycles. The zero-order chi connectivity index (χ0) is 13.4. The molecule has 4 nitrogen and oxygen atoms in total. The van der Waals surface area contributed by atoms with E-state index in [1.165, 1.54) is 0 Å². The van der Waals surface area contributed by atoms with Gasteiger partial charge in [-0.05, 0) is 23.6 Å². The highest BCUT2D eigenvalue weighted by Crippen LogP contribution is 2.21. The number of nitrogens with zero attached hydrogens (tertiary/aromatic N) is 3. The largest absolute Gasteiger partial charge is 0.340 e. The average Bonchev–Trinajstić information content (AvgIpc) is 2.98. The van der Waals surface area contributed by atoms with Crippen LogP contribution in [0.15, 0.2) is 35.0 Å². The lowest BCUT2D eigenvalue weighted by molar-refractivity contribution is 0.360. The molecule has 0 fully saturated rings. The number of fused-ring (bicyclic) bond motifs is 1. The molecule has 19 heavy (non-hydrogen) atoms. The van der Waals surface area contributed by atoms with E-state index in [1.54, 1.807) is 0 Å². The zero-order valence-corrected chi connectivity index (χ0v) is 11.6. The van der Waals surface area contributed by atoms with Gasteiger partial charge in [0.05, 0.1) is 6.54 Å². The molecule has 0 aliphatic rings. The average molecular weight is 276 g/mol. The molecule has 2 heterocycles. The van der Waals surface area contributed by atoms with Gasteiger partial charge in [0.1, 0.15) is 0 Å². The predicted molar refractivity (Wildman–Crippen MR) is 74.4 cm³/mol. The maximum Gasteiger partial charge on any atom is 0.229 e. The van der Waals surface area contributed by atoms with Gasteiger partial charge in [-0.2, -0.15) is 4.98 Å². The summed E-state index contributed by atoms with van der Waals surface area (Å²) in [6, 6.07) is 7.89. The minimum atomic E-state index is 0.247. The van der Waals surface area contributed by atoms with Crippen molar-refractivity contribution in [1.29, 1.82) is 0 Å². The second kappa shape index (κ2) is 4.70. The molecule has 0 atom stereocenters. The van der Waals surface area contributed by atoms with E-state index in [2.05, 4.69) is 20.8 Å². The Morgan fingerprint density at radius 2 is 2.16 bits per heavy atom. The quantitative estimate of drug-likeness (QED) is 0.729. The first kappa shape index (κ1) is 12.2. The summed E-state index contributed by atoms with van der Waals surface area (Å²) in [7, 11) is 0. The normalized spacial score (nSPS) is 11.6. The van der Waals surface area contributed by atoms with E-state index in [0.717, 1.165) is 15.9 Å². The van der Waals surface area contributed by atoms with Crippen LogP contribution < -0.4 is 0 Å². The third-order valence-electron chi connectivity index (χ3n) is 3.03. The van der Waals surface area contributed by atoms with Crippen molar-refractivity contribution in [3.63, 3.8) is 0 Å². The molecule has 3 aromatic rings. The van der Waals surface area contributed by atoms with Crippen LogP contribution in [-0.4, -0.2) is 14.7 Å². The molecule has 0 saturated heterocycles. The van der Waals surface area contributed by atoms with E-state index in [1.807, 2.05) is 38.2 Å². The highest BCUT2D eigenvalue weighted by molar-refractivity contribution is 6.31. The SMILES string of the molecule is CC(C)c1nc(Cn2ccc3ccc(Cl)cc32)no1. The summed E-state index contributed by atoms with van der Waals surface area (Å²) in [4.78, 5) is 4.38. The third-order valence-corrected chi connectivity index (χ3v) is 3.26. The topological polar surface area (TPSA) is 43.9 Å². The summed E-state index contributed by atoms with van der Waals surface area (Å²) in [5, 5.41) is 5.88. The van der Waals surface area contributed by atoms with Gasteiger partial charge in [-0.25, -0.2) is 0 Å². The fourth-order valence-electron chi connectivity index (χ4n) is 2.01. The van der Waals surface area contributed by atoms with E-state index in [9.17, 15) is 0 Å². The van der Waals surface area contributed by atoms with Gasteiger partial charge in [-0.15, -0.1) is 0 Å². The fourth-order valence-corrected chi connectivity index (χ4v) is 2.18. The Hall–Kier alpha value is -1.81. The van der Waals surface area contributed by atoms with Gasteiger partial charge >= 0.3 is 0 Å². The Kier molecular flexibility index (Phi) is 3.03. The fraction of sp³-hybridized carbons (Fsp3) is 0.286. The van der Waals surface area contributed by atoms with Crippen molar-refractivity contribution in [3.05, 3.63) is 47.2 Å². The Labute approximate surface area is 116 Å². The van der Waals surface area contributed by atoms with E-state index >= 15 is 0 Å². The molecule has 98 valence electrons. The van der Waals surface area contributed by atoms with Crippen LogP contribution in [0.2, 0.25) is 5.02 Å². The number of hydrogen-bond acceptors (Lipinski definition) is 3. The van der Waals surface area contributed by atoms with E-state index in [-0.39, 0.29) is 5.92 Å². The van der Waals surface area contributed by atoms with Gasteiger partial charge in [0.2, 0.25) is 5.89 Å². The lowest BCUT2D eigenvalue weighted by atomic mass is 10.2. The molecule has 0 N–H and O–H groups in total. The lowest BCUT2D eigenvalue weighted by Gasteiger charge is -2.01. The van der Waals surface area contributed by atoms with Crippen molar-refractivity contribution in [3.8, 4) is 0 Å². The summed E-state index contributed by atoms with van der Waals surface area (Å²) in [6.45, 7) is 4.64. The van der Waals surface area contributed by atoms with Gasteiger partial charge in [-0.3, -0.25) is 0 Å². The summed E-state index contributed by atoms with van der Waals surface area (Å²) in [5.41, 5.74) is 1.07. The monoisotopic (exact) mass is 275 g/mol. The Morgan fingerprint density at radius 1 is 1.32 bits per heavy atom. The molecule has 0 bridgehead atoms. The standard InChI is InChI=1S/C14H14ClN3O/c1-9(2)14-16-13(17-19-14)8-18-6-5-10-3-4-11(15)7-12(10)18/h3-7,9H,8H2,1-2H3. The summed E-state index contributed by atoms with van der Waals surface area (Å²) < 4.78 is 7.28. The van der Waals surface area contributed by atoms with E-state index < -0.39 is 0 Å². The Balaban J connectivity index is 1.94. The van der Waals surface area contributed by atoms with Crippen LogP contribution in [-0.2, 0) is 6.54 Å². The first-order chi connectivity index (χ1) is 9.13. The molecule has 0 amide bonds. The van der Waals surface area contributed by atoms with Crippen molar-refractivity contribution < 1.29 is 4.52 Å². The molecular weight excluding hydrogens is 262 g/mol. The van der Waals surface area contributed by atoms with Gasteiger partial charge in [-0.1, -0.05) is 36.7 Å². The first-order valence-corrected chi connectivity index (χ1v) is 6.58. The number of benzene rings is 1. The Bertz CT molecular complexity index is 714. The zero-order valence-electron chi connectivity index (χ0n) is 10.8. The lowest BCUT2D eigenvalue weighted by Crippen LogP contribution is -2.00.